The van der Waals surface area contributed by atoms with Gasteiger partial charge in [-0.3, -0.25) is 4.79 Å². The smallest absolute Gasteiger partial charge is 0.230 e. The molecule has 1 saturated carbocycles. The molecule has 1 unspecified atom stereocenters. The largest absolute Gasteiger partial charge is 0.497 e. The summed E-state index contributed by atoms with van der Waals surface area (Å²) in [6, 6.07) is 15.9. The molecule has 1 heterocycles. The van der Waals surface area contributed by atoms with E-state index in [9.17, 15) is 4.79 Å². The van der Waals surface area contributed by atoms with E-state index in [0.717, 1.165) is 24.3 Å². The number of thioether (sulfide) groups is 1. The van der Waals surface area contributed by atoms with Gasteiger partial charge in [-0.05, 0) is 65.9 Å². The summed E-state index contributed by atoms with van der Waals surface area (Å²) in [6.07, 6.45) is 2.31. The number of carbonyl (C=O) groups excluding carboxylic acids is 1. The number of aryl methyl sites for hydroxylation is 1. The van der Waals surface area contributed by atoms with Crippen molar-refractivity contribution >= 4 is 17.7 Å². The number of amides is 1. The maximum atomic E-state index is 12.6. The second-order valence-corrected chi connectivity index (χ2v) is 8.10. The first kappa shape index (κ1) is 19.4. The molecule has 1 aliphatic carbocycles. The number of ether oxygens (including phenoxy) is 1. The minimum Gasteiger partial charge on any atom is -0.497 e. The molecule has 1 atom stereocenters. The number of aromatic nitrogens is 4. The van der Waals surface area contributed by atoms with E-state index in [4.69, 9.17) is 4.74 Å². The molecule has 150 valence electrons. The average Bonchev–Trinajstić information content (AvgIpc) is 3.48. The van der Waals surface area contributed by atoms with Crippen LogP contribution < -0.4 is 10.1 Å². The van der Waals surface area contributed by atoms with Gasteiger partial charge in [-0.1, -0.05) is 41.6 Å². The number of nitrogens with one attached hydrogen (secondary N) is 1. The topological polar surface area (TPSA) is 81.9 Å². The van der Waals surface area contributed by atoms with Gasteiger partial charge in [-0.25, -0.2) is 0 Å². The molecular formula is C21H23N5O2S. The van der Waals surface area contributed by atoms with Crippen LogP contribution in [0, 0.1) is 12.8 Å². The molecule has 1 fully saturated rings. The number of methoxy groups -OCH3 is 1. The number of rotatable bonds is 8. The Morgan fingerprint density at radius 1 is 1.21 bits per heavy atom. The fourth-order valence-corrected chi connectivity index (χ4v) is 3.88. The van der Waals surface area contributed by atoms with E-state index in [-0.39, 0.29) is 17.7 Å². The van der Waals surface area contributed by atoms with Crippen molar-refractivity contribution in [2.75, 3.05) is 12.9 Å². The normalized spacial score (nSPS) is 14.4. The Kier molecular flexibility index (Phi) is 5.80. The fraction of sp³-hybridized carbons (Fsp3) is 0.333. The highest BCUT2D eigenvalue weighted by Crippen LogP contribution is 2.41. The Morgan fingerprint density at radius 2 is 1.93 bits per heavy atom. The van der Waals surface area contributed by atoms with Crippen LogP contribution in [0.1, 0.15) is 30.0 Å². The molecule has 1 N–H and O–H groups in total. The summed E-state index contributed by atoms with van der Waals surface area (Å²) in [6.45, 7) is 2.07. The van der Waals surface area contributed by atoms with Gasteiger partial charge in [0.2, 0.25) is 11.1 Å². The molecule has 1 aliphatic rings. The number of hydrogen-bond acceptors (Lipinski definition) is 6. The van der Waals surface area contributed by atoms with Gasteiger partial charge in [0, 0.05) is 0 Å². The van der Waals surface area contributed by atoms with Crippen LogP contribution in [0.25, 0.3) is 5.69 Å². The summed E-state index contributed by atoms with van der Waals surface area (Å²) >= 11 is 1.32. The van der Waals surface area contributed by atoms with Crippen LogP contribution in [0.5, 0.6) is 5.75 Å². The predicted octanol–water partition coefficient (Wildman–Crippen LogP) is 3.34. The summed E-state index contributed by atoms with van der Waals surface area (Å²) in [5.41, 5.74) is 3.20. The van der Waals surface area contributed by atoms with E-state index in [2.05, 4.69) is 52.0 Å². The van der Waals surface area contributed by atoms with Crippen LogP contribution in [-0.4, -0.2) is 39.0 Å². The van der Waals surface area contributed by atoms with E-state index >= 15 is 0 Å². The maximum Gasteiger partial charge on any atom is 0.230 e. The van der Waals surface area contributed by atoms with E-state index in [1.165, 1.54) is 22.9 Å². The SMILES string of the molecule is COc1ccc(-n2nnnc2SCC(=O)NC(c2ccc(C)cc2)C2CC2)cc1. The second-order valence-electron chi connectivity index (χ2n) is 7.15. The summed E-state index contributed by atoms with van der Waals surface area (Å²) in [5, 5.41) is 15.6. The zero-order valence-electron chi connectivity index (χ0n) is 16.4. The van der Waals surface area contributed by atoms with Crippen molar-refractivity contribution in [1.29, 1.82) is 0 Å². The lowest BCUT2D eigenvalue weighted by molar-refractivity contribution is -0.119. The zero-order valence-corrected chi connectivity index (χ0v) is 17.2. The highest BCUT2D eigenvalue weighted by Gasteiger charge is 2.33. The standard InChI is InChI=1S/C21H23N5O2S/c1-14-3-5-15(6-4-14)20(16-7-8-16)22-19(27)13-29-21-23-24-25-26(21)17-9-11-18(28-2)12-10-17/h3-6,9-12,16,20H,7-8,13H2,1-2H3,(H,22,27). The minimum absolute atomic E-state index is 0.0169. The summed E-state index contributed by atoms with van der Waals surface area (Å²) < 4.78 is 6.80. The highest BCUT2D eigenvalue weighted by atomic mass is 32.2. The lowest BCUT2D eigenvalue weighted by Gasteiger charge is -2.19. The van der Waals surface area contributed by atoms with Gasteiger partial charge in [0.15, 0.2) is 0 Å². The number of hydrogen-bond donors (Lipinski definition) is 1. The van der Waals surface area contributed by atoms with Crippen LogP contribution in [-0.2, 0) is 4.79 Å². The third-order valence-corrected chi connectivity index (χ3v) is 5.86. The Hall–Kier alpha value is -2.87. The quantitative estimate of drug-likeness (QED) is 0.575. The first-order valence-corrected chi connectivity index (χ1v) is 10.5. The molecule has 0 aliphatic heterocycles. The van der Waals surface area contributed by atoms with Gasteiger partial charge in [0.1, 0.15) is 5.75 Å². The van der Waals surface area contributed by atoms with Gasteiger partial charge in [-0.15, -0.1) is 5.10 Å². The Labute approximate surface area is 173 Å². The number of tetrazole rings is 1. The molecule has 0 spiro atoms. The maximum absolute atomic E-state index is 12.6. The van der Waals surface area contributed by atoms with Crippen molar-refractivity contribution in [3.63, 3.8) is 0 Å². The molecule has 1 aromatic heterocycles. The molecule has 0 radical (unpaired) electrons. The van der Waals surface area contributed by atoms with Crippen LogP contribution in [0.2, 0.25) is 0 Å². The zero-order chi connectivity index (χ0) is 20.2. The number of carbonyl (C=O) groups is 1. The Bertz CT molecular complexity index is 967. The fourth-order valence-electron chi connectivity index (χ4n) is 3.18. The molecule has 1 amide bonds. The summed E-state index contributed by atoms with van der Waals surface area (Å²) in [7, 11) is 1.62. The molecule has 29 heavy (non-hydrogen) atoms. The number of nitrogens with zero attached hydrogens (tertiary/aromatic N) is 4. The molecular weight excluding hydrogens is 386 g/mol. The van der Waals surface area contributed by atoms with E-state index in [1.807, 2.05) is 24.3 Å². The lowest BCUT2D eigenvalue weighted by atomic mass is 10.0. The third-order valence-electron chi connectivity index (χ3n) is 4.94. The van der Waals surface area contributed by atoms with Crippen LogP contribution >= 0.6 is 11.8 Å². The molecule has 3 aromatic rings. The van der Waals surface area contributed by atoms with Gasteiger partial charge in [-0.2, -0.15) is 4.68 Å². The van der Waals surface area contributed by atoms with Gasteiger partial charge in [0.05, 0.1) is 24.6 Å². The van der Waals surface area contributed by atoms with Gasteiger partial charge in [0.25, 0.3) is 0 Å². The van der Waals surface area contributed by atoms with Crippen LogP contribution in [0.3, 0.4) is 0 Å². The first-order chi connectivity index (χ1) is 14.1. The van der Waals surface area contributed by atoms with Crippen LogP contribution in [0.15, 0.2) is 53.7 Å². The van der Waals surface area contributed by atoms with Gasteiger partial charge >= 0.3 is 0 Å². The Balaban J connectivity index is 1.39. The van der Waals surface area contributed by atoms with E-state index < -0.39 is 0 Å². The van der Waals surface area contributed by atoms with Crippen molar-refractivity contribution in [1.82, 2.24) is 25.5 Å². The molecule has 0 bridgehead atoms. The van der Waals surface area contributed by atoms with E-state index in [0.29, 0.717) is 11.1 Å². The predicted molar refractivity (Wildman–Crippen MR) is 111 cm³/mol. The Morgan fingerprint density at radius 3 is 2.59 bits per heavy atom. The van der Waals surface area contributed by atoms with Crippen molar-refractivity contribution in [3.05, 3.63) is 59.7 Å². The van der Waals surface area contributed by atoms with Crippen molar-refractivity contribution in [2.45, 2.75) is 31.0 Å². The molecule has 7 nitrogen and oxygen atoms in total. The van der Waals surface area contributed by atoms with Crippen LogP contribution in [0.4, 0.5) is 0 Å². The first-order valence-electron chi connectivity index (χ1n) is 9.55. The monoisotopic (exact) mass is 409 g/mol. The van der Waals surface area contributed by atoms with Crippen molar-refractivity contribution in [3.8, 4) is 11.4 Å². The third kappa shape index (κ3) is 4.76. The van der Waals surface area contributed by atoms with E-state index in [1.54, 1.807) is 11.8 Å². The molecule has 2 aromatic carbocycles. The van der Waals surface area contributed by atoms with Crippen molar-refractivity contribution in [2.24, 2.45) is 5.92 Å². The second kappa shape index (κ2) is 8.65. The minimum atomic E-state index is -0.0169. The molecule has 0 saturated heterocycles. The van der Waals surface area contributed by atoms with Crippen molar-refractivity contribution < 1.29 is 9.53 Å². The summed E-state index contributed by atoms with van der Waals surface area (Å²) in [5.74, 6) is 1.52. The summed E-state index contributed by atoms with van der Waals surface area (Å²) in [4.78, 5) is 12.6. The average molecular weight is 410 g/mol. The van der Waals surface area contributed by atoms with Gasteiger partial charge < -0.3 is 10.1 Å². The highest BCUT2D eigenvalue weighted by molar-refractivity contribution is 7.99. The molecule has 4 rings (SSSR count). The number of benzene rings is 2. The lowest BCUT2D eigenvalue weighted by Crippen LogP contribution is -2.31. The molecule has 8 heteroatoms.